The Kier molecular flexibility index (Phi) is 3.94. The summed E-state index contributed by atoms with van der Waals surface area (Å²) in [6.45, 7) is 0. The summed E-state index contributed by atoms with van der Waals surface area (Å²) >= 11 is 1.64. The van der Waals surface area contributed by atoms with Crippen molar-refractivity contribution in [3.8, 4) is 21.6 Å². The molecule has 0 fully saturated rings. The number of hydrogen-bond donors (Lipinski definition) is 2. The molecule has 0 unspecified atom stereocenters. The lowest BCUT2D eigenvalue weighted by atomic mass is 9.78. The van der Waals surface area contributed by atoms with Crippen molar-refractivity contribution in [2.75, 3.05) is 0 Å². The molecule has 1 aromatic heterocycles. The monoisotopic (exact) mass is 330 g/mol. The van der Waals surface area contributed by atoms with Crippen LogP contribution in [0.15, 0.2) is 78.2 Å². The minimum absolute atomic E-state index is 0.504. The van der Waals surface area contributed by atoms with Crippen LogP contribution in [0.2, 0.25) is 0 Å². The smallest absolute Gasteiger partial charge is 0.423 e. The first-order valence-corrected chi connectivity index (χ1v) is 8.63. The van der Waals surface area contributed by atoms with Gasteiger partial charge in [-0.25, -0.2) is 0 Å². The molecule has 0 saturated carbocycles. The molecule has 1 heterocycles. The van der Waals surface area contributed by atoms with Gasteiger partial charge in [0, 0.05) is 4.88 Å². The molecule has 0 radical (unpaired) electrons. The minimum atomic E-state index is -1.48. The summed E-state index contributed by atoms with van der Waals surface area (Å²) in [7, 11) is -1.48. The van der Waals surface area contributed by atoms with Crippen LogP contribution in [0, 0.1) is 0 Å². The summed E-state index contributed by atoms with van der Waals surface area (Å²) in [4.78, 5) is 1.11. The van der Waals surface area contributed by atoms with Gasteiger partial charge in [-0.3, -0.25) is 0 Å². The van der Waals surface area contributed by atoms with Crippen molar-refractivity contribution >= 4 is 34.7 Å². The van der Waals surface area contributed by atoms with Crippen molar-refractivity contribution in [1.82, 2.24) is 0 Å². The van der Waals surface area contributed by atoms with E-state index in [0.717, 1.165) is 21.6 Å². The highest BCUT2D eigenvalue weighted by atomic mass is 32.1. The third-order valence-electron chi connectivity index (χ3n) is 4.14. The highest BCUT2D eigenvalue weighted by Gasteiger charge is 2.15. The SMILES string of the molecule is OB(O)c1cc(-c2ccc3ccccc3c2)cc(-c2cccs2)c1. The summed E-state index contributed by atoms with van der Waals surface area (Å²) in [5.41, 5.74) is 3.55. The highest BCUT2D eigenvalue weighted by Crippen LogP contribution is 2.30. The molecule has 4 aromatic rings. The van der Waals surface area contributed by atoms with Gasteiger partial charge < -0.3 is 10.0 Å². The van der Waals surface area contributed by atoms with Crippen LogP contribution in [0.1, 0.15) is 0 Å². The van der Waals surface area contributed by atoms with E-state index in [9.17, 15) is 10.0 Å². The van der Waals surface area contributed by atoms with Crippen molar-refractivity contribution < 1.29 is 10.0 Å². The highest BCUT2D eigenvalue weighted by molar-refractivity contribution is 7.13. The van der Waals surface area contributed by atoms with E-state index in [4.69, 9.17) is 0 Å². The Balaban J connectivity index is 1.89. The zero-order valence-electron chi connectivity index (χ0n) is 12.9. The molecule has 0 aliphatic rings. The Morgan fingerprint density at radius 2 is 1.46 bits per heavy atom. The summed E-state index contributed by atoms with van der Waals surface area (Å²) in [6, 6.07) is 24.3. The van der Waals surface area contributed by atoms with Crippen molar-refractivity contribution in [3.63, 3.8) is 0 Å². The molecule has 0 aliphatic carbocycles. The first kappa shape index (κ1) is 15.2. The molecule has 2 nitrogen and oxygen atoms in total. The molecule has 0 bridgehead atoms. The van der Waals surface area contributed by atoms with E-state index in [1.807, 2.05) is 41.8 Å². The van der Waals surface area contributed by atoms with Gasteiger partial charge in [-0.2, -0.15) is 0 Å². The molecule has 0 spiro atoms. The molecular weight excluding hydrogens is 315 g/mol. The Morgan fingerprint density at radius 3 is 2.21 bits per heavy atom. The number of benzene rings is 3. The normalized spacial score (nSPS) is 10.9. The molecule has 116 valence electrons. The van der Waals surface area contributed by atoms with Crippen LogP contribution in [0.3, 0.4) is 0 Å². The van der Waals surface area contributed by atoms with E-state index in [2.05, 4.69) is 36.4 Å². The molecule has 24 heavy (non-hydrogen) atoms. The topological polar surface area (TPSA) is 40.5 Å². The van der Waals surface area contributed by atoms with E-state index < -0.39 is 7.12 Å². The Hall–Kier alpha value is -2.40. The van der Waals surface area contributed by atoms with E-state index >= 15 is 0 Å². The van der Waals surface area contributed by atoms with E-state index in [1.165, 1.54) is 10.8 Å². The third kappa shape index (κ3) is 2.87. The zero-order valence-corrected chi connectivity index (χ0v) is 13.7. The maximum Gasteiger partial charge on any atom is 0.488 e. The van der Waals surface area contributed by atoms with Crippen LogP contribution in [0.4, 0.5) is 0 Å². The summed E-state index contributed by atoms with van der Waals surface area (Å²) < 4.78 is 0. The lowest BCUT2D eigenvalue weighted by molar-refractivity contribution is 0.426. The van der Waals surface area contributed by atoms with E-state index in [1.54, 1.807) is 11.3 Å². The van der Waals surface area contributed by atoms with Crippen molar-refractivity contribution in [3.05, 3.63) is 78.2 Å². The second kappa shape index (κ2) is 6.25. The standard InChI is InChI=1S/C20H15BO2S/c22-21(23)19-12-17(11-18(13-19)20-6-3-9-24-20)16-8-7-14-4-1-2-5-15(14)10-16/h1-13,22-23H. The molecule has 3 aromatic carbocycles. The van der Waals surface area contributed by atoms with Gasteiger partial charge in [0.05, 0.1) is 0 Å². The average Bonchev–Trinajstić information content (AvgIpc) is 3.15. The van der Waals surface area contributed by atoms with Crippen LogP contribution in [-0.2, 0) is 0 Å². The predicted molar refractivity (Wildman–Crippen MR) is 103 cm³/mol. The minimum Gasteiger partial charge on any atom is -0.423 e. The van der Waals surface area contributed by atoms with Gasteiger partial charge in [0.1, 0.15) is 0 Å². The first-order chi connectivity index (χ1) is 11.7. The van der Waals surface area contributed by atoms with Gasteiger partial charge in [-0.15, -0.1) is 11.3 Å². The lowest BCUT2D eigenvalue weighted by Gasteiger charge is -2.10. The maximum atomic E-state index is 9.65. The van der Waals surface area contributed by atoms with Crippen LogP contribution < -0.4 is 5.46 Å². The van der Waals surface area contributed by atoms with Gasteiger partial charge in [0.25, 0.3) is 0 Å². The summed E-state index contributed by atoms with van der Waals surface area (Å²) in [5.74, 6) is 0. The van der Waals surface area contributed by atoms with Gasteiger partial charge in [-0.05, 0) is 56.5 Å². The summed E-state index contributed by atoms with van der Waals surface area (Å²) in [6.07, 6.45) is 0. The molecule has 4 rings (SSSR count). The van der Waals surface area contributed by atoms with Gasteiger partial charge in [-0.1, -0.05) is 54.6 Å². The fourth-order valence-electron chi connectivity index (χ4n) is 2.92. The van der Waals surface area contributed by atoms with Gasteiger partial charge >= 0.3 is 7.12 Å². The predicted octanol–water partition coefficient (Wildman–Crippen LogP) is 3.92. The molecule has 4 heteroatoms. The van der Waals surface area contributed by atoms with E-state index in [0.29, 0.717) is 5.46 Å². The molecule has 0 atom stereocenters. The second-order valence-electron chi connectivity index (χ2n) is 5.76. The molecule has 0 aliphatic heterocycles. The first-order valence-electron chi connectivity index (χ1n) is 7.75. The Bertz CT molecular complexity index is 994. The molecule has 0 amide bonds. The molecular formula is C20H15BO2S. The second-order valence-corrected chi connectivity index (χ2v) is 6.70. The number of fused-ring (bicyclic) bond motifs is 1. The van der Waals surface area contributed by atoms with Crippen LogP contribution in [-0.4, -0.2) is 17.2 Å². The van der Waals surface area contributed by atoms with Crippen LogP contribution in [0.25, 0.3) is 32.3 Å². The number of thiophene rings is 1. The van der Waals surface area contributed by atoms with Gasteiger partial charge in [0.2, 0.25) is 0 Å². The van der Waals surface area contributed by atoms with Crippen molar-refractivity contribution in [2.24, 2.45) is 0 Å². The molecule has 2 N–H and O–H groups in total. The molecule has 0 saturated heterocycles. The Labute approximate surface area is 144 Å². The van der Waals surface area contributed by atoms with Crippen molar-refractivity contribution in [1.29, 1.82) is 0 Å². The lowest BCUT2D eigenvalue weighted by Crippen LogP contribution is -2.29. The van der Waals surface area contributed by atoms with Crippen LogP contribution >= 0.6 is 11.3 Å². The largest absolute Gasteiger partial charge is 0.488 e. The van der Waals surface area contributed by atoms with E-state index in [-0.39, 0.29) is 0 Å². The fourth-order valence-corrected chi connectivity index (χ4v) is 3.64. The van der Waals surface area contributed by atoms with Gasteiger partial charge in [0.15, 0.2) is 0 Å². The Morgan fingerprint density at radius 1 is 0.667 bits per heavy atom. The third-order valence-corrected chi connectivity index (χ3v) is 5.06. The summed E-state index contributed by atoms with van der Waals surface area (Å²) in [5, 5.41) is 23.7. The maximum absolute atomic E-state index is 9.65. The van der Waals surface area contributed by atoms with Crippen molar-refractivity contribution in [2.45, 2.75) is 0 Å². The average molecular weight is 330 g/mol. The van der Waals surface area contributed by atoms with Crippen LogP contribution in [0.5, 0.6) is 0 Å². The zero-order chi connectivity index (χ0) is 16.5. The number of rotatable bonds is 3. The fraction of sp³-hybridized carbons (Fsp3) is 0. The quantitative estimate of drug-likeness (QED) is 0.559. The number of hydrogen-bond acceptors (Lipinski definition) is 3.